The third kappa shape index (κ3) is 2.05. The third-order valence-corrected chi connectivity index (χ3v) is 3.70. The van der Waals surface area contributed by atoms with Gasteiger partial charge in [0.25, 0.3) is 0 Å². The number of hydrogen-bond acceptors (Lipinski definition) is 3. The smallest absolute Gasteiger partial charge is 0.128 e. The van der Waals surface area contributed by atoms with Gasteiger partial charge in [0.05, 0.1) is 10.7 Å². The molecule has 0 saturated carbocycles. The Balaban J connectivity index is 2.55. The highest BCUT2D eigenvalue weighted by Crippen LogP contribution is 2.33. The van der Waals surface area contributed by atoms with Crippen LogP contribution in [0, 0.1) is 18.3 Å². The average molecular weight is 269 g/mol. The minimum atomic E-state index is 0.547. The van der Waals surface area contributed by atoms with E-state index >= 15 is 0 Å². The highest BCUT2D eigenvalue weighted by molar-refractivity contribution is 7.15. The fraction of sp³-hybridized carbons (Fsp3) is 0.0909. The van der Waals surface area contributed by atoms with Gasteiger partial charge in [0.1, 0.15) is 16.0 Å². The summed E-state index contributed by atoms with van der Waals surface area (Å²) in [6.45, 7) is 1.81. The van der Waals surface area contributed by atoms with Crippen molar-refractivity contribution in [1.29, 1.82) is 5.26 Å². The molecule has 0 radical (unpaired) electrons. The Morgan fingerprint density at radius 3 is 2.69 bits per heavy atom. The number of hydrogen-bond donors (Lipinski definition) is 0. The topological polar surface area (TPSA) is 36.7 Å². The number of aromatic nitrogens is 1. The molecule has 0 aliphatic carbocycles. The van der Waals surface area contributed by atoms with Crippen LogP contribution >= 0.6 is 34.5 Å². The van der Waals surface area contributed by atoms with Crippen LogP contribution in [-0.2, 0) is 0 Å². The first-order valence-corrected chi connectivity index (χ1v) is 6.02. The van der Waals surface area contributed by atoms with Crippen LogP contribution in [0.5, 0.6) is 0 Å². The lowest BCUT2D eigenvalue weighted by atomic mass is 10.2. The van der Waals surface area contributed by atoms with Crippen LogP contribution in [0.4, 0.5) is 0 Å². The molecule has 0 atom stereocenters. The predicted molar refractivity (Wildman–Crippen MR) is 67.0 cm³/mol. The normalized spacial score (nSPS) is 10.1. The lowest BCUT2D eigenvalue weighted by molar-refractivity contribution is 1.25. The van der Waals surface area contributed by atoms with Crippen molar-refractivity contribution in [3.8, 4) is 16.6 Å². The molecule has 0 saturated heterocycles. The maximum Gasteiger partial charge on any atom is 0.128 e. The van der Waals surface area contributed by atoms with Gasteiger partial charge < -0.3 is 0 Å². The van der Waals surface area contributed by atoms with Gasteiger partial charge in [-0.15, -0.1) is 11.3 Å². The minimum Gasteiger partial charge on any atom is -0.240 e. The van der Waals surface area contributed by atoms with E-state index in [1.54, 1.807) is 12.1 Å². The average Bonchev–Trinajstić information content (AvgIpc) is 2.59. The summed E-state index contributed by atoms with van der Waals surface area (Å²) in [7, 11) is 0. The van der Waals surface area contributed by atoms with Crippen LogP contribution in [0.2, 0.25) is 10.0 Å². The third-order valence-electron chi connectivity index (χ3n) is 2.06. The van der Waals surface area contributed by atoms with Gasteiger partial charge in [0, 0.05) is 10.6 Å². The predicted octanol–water partition coefficient (Wildman–Crippen LogP) is 4.30. The second-order valence-electron chi connectivity index (χ2n) is 3.17. The molecule has 80 valence electrons. The van der Waals surface area contributed by atoms with Gasteiger partial charge in [-0.1, -0.05) is 23.2 Å². The van der Waals surface area contributed by atoms with Crippen molar-refractivity contribution in [2.75, 3.05) is 0 Å². The zero-order chi connectivity index (χ0) is 11.7. The second-order valence-corrected chi connectivity index (χ2v) is 5.01. The molecule has 0 unspecified atom stereocenters. The SMILES string of the molecule is Cc1nc(-c2ccc(Cl)cc2Cl)sc1C#N. The molecule has 0 bridgehead atoms. The summed E-state index contributed by atoms with van der Waals surface area (Å²) in [5.74, 6) is 0. The first-order valence-electron chi connectivity index (χ1n) is 4.45. The molecule has 0 aliphatic rings. The van der Waals surface area contributed by atoms with Crippen LogP contribution in [0.15, 0.2) is 18.2 Å². The molecule has 0 aliphatic heterocycles. The van der Waals surface area contributed by atoms with Crippen molar-refractivity contribution >= 4 is 34.5 Å². The molecule has 0 N–H and O–H groups in total. The number of benzene rings is 1. The van der Waals surface area contributed by atoms with E-state index in [-0.39, 0.29) is 0 Å². The highest BCUT2D eigenvalue weighted by atomic mass is 35.5. The number of nitriles is 1. The van der Waals surface area contributed by atoms with Crippen molar-refractivity contribution in [3.63, 3.8) is 0 Å². The maximum atomic E-state index is 8.86. The first-order chi connectivity index (χ1) is 7.61. The van der Waals surface area contributed by atoms with Gasteiger partial charge in [-0.05, 0) is 25.1 Å². The number of nitrogens with zero attached hydrogens (tertiary/aromatic N) is 2. The zero-order valence-electron chi connectivity index (χ0n) is 8.29. The molecule has 2 rings (SSSR count). The van der Waals surface area contributed by atoms with Gasteiger partial charge in [-0.2, -0.15) is 5.26 Å². The quantitative estimate of drug-likeness (QED) is 0.774. The number of aryl methyl sites for hydroxylation is 1. The summed E-state index contributed by atoms with van der Waals surface area (Å²) < 4.78 is 0. The summed E-state index contributed by atoms with van der Waals surface area (Å²) in [4.78, 5) is 4.92. The van der Waals surface area contributed by atoms with E-state index in [9.17, 15) is 0 Å². The molecule has 2 nitrogen and oxygen atoms in total. The second kappa shape index (κ2) is 4.42. The molecule has 5 heteroatoms. The Labute approximate surface area is 107 Å². The lowest BCUT2D eigenvalue weighted by Gasteiger charge is -1.99. The fourth-order valence-electron chi connectivity index (χ4n) is 1.28. The Hall–Kier alpha value is -1.08. The van der Waals surface area contributed by atoms with Gasteiger partial charge in [0.2, 0.25) is 0 Å². The van der Waals surface area contributed by atoms with Gasteiger partial charge in [-0.3, -0.25) is 0 Å². The van der Waals surface area contributed by atoms with Crippen LogP contribution in [-0.4, -0.2) is 4.98 Å². The van der Waals surface area contributed by atoms with Gasteiger partial charge in [0.15, 0.2) is 0 Å². The van der Waals surface area contributed by atoms with Crippen molar-refractivity contribution in [2.45, 2.75) is 6.92 Å². The Bertz CT molecular complexity index is 584. The maximum absolute atomic E-state index is 8.86. The minimum absolute atomic E-state index is 0.547. The van der Waals surface area contributed by atoms with Crippen LogP contribution in [0.1, 0.15) is 10.6 Å². The highest BCUT2D eigenvalue weighted by Gasteiger charge is 2.11. The Kier molecular flexibility index (Phi) is 3.15. The Morgan fingerprint density at radius 1 is 1.38 bits per heavy atom. The molecule has 1 aromatic heterocycles. The lowest BCUT2D eigenvalue weighted by Crippen LogP contribution is -1.79. The van der Waals surface area contributed by atoms with E-state index in [1.165, 1.54) is 11.3 Å². The number of halogens is 2. The van der Waals surface area contributed by atoms with Crippen molar-refractivity contribution in [2.24, 2.45) is 0 Å². The zero-order valence-corrected chi connectivity index (χ0v) is 10.6. The number of thiazole rings is 1. The molecule has 0 amide bonds. The van der Waals surface area contributed by atoms with E-state index in [2.05, 4.69) is 11.1 Å². The van der Waals surface area contributed by atoms with E-state index in [0.717, 1.165) is 16.3 Å². The summed E-state index contributed by atoms with van der Waals surface area (Å²) >= 11 is 13.2. The summed E-state index contributed by atoms with van der Waals surface area (Å²) in [5, 5.41) is 10.7. The number of rotatable bonds is 1. The van der Waals surface area contributed by atoms with E-state index in [4.69, 9.17) is 28.5 Å². The molecular formula is C11H6Cl2N2S. The summed E-state index contributed by atoms with van der Waals surface area (Å²) in [5.41, 5.74) is 1.54. The van der Waals surface area contributed by atoms with Gasteiger partial charge in [-0.25, -0.2) is 4.98 Å². The molecule has 0 fully saturated rings. The molecule has 1 aromatic carbocycles. The Morgan fingerprint density at radius 2 is 2.12 bits per heavy atom. The van der Waals surface area contributed by atoms with Crippen molar-refractivity contribution < 1.29 is 0 Å². The van der Waals surface area contributed by atoms with E-state index < -0.39 is 0 Å². The van der Waals surface area contributed by atoms with Crippen LogP contribution in [0.3, 0.4) is 0 Å². The van der Waals surface area contributed by atoms with E-state index in [0.29, 0.717) is 14.9 Å². The molecule has 0 spiro atoms. The van der Waals surface area contributed by atoms with Gasteiger partial charge >= 0.3 is 0 Å². The van der Waals surface area contributed by atoms with E-state index in [1.807, 2.05) is 13.0 Å². The molecular weight excluding hydrogens is 263 g/mol. The van der Waals surface area contributed by atoms with Crippen molar-refractivity contribution in [3.05, 3.63) is 38.8 Å². The van der Waals surface area contributed by atoms with Crippen molar-refractivity contribution in [1.82, 2.24) is 4.98 Å². The van der Waals surface area contributed by atoms with Crippen LogP contribution < -0.4 is 0 Å². The summed E-state index contributed by atoms with van der Waals surface area (Å²) in [6.07, 6.45) is 0. The summed E-state index contributed by atoms with van der Waals surface area (Å²) in [6, 6.07) is 7.34. The largest absolute Gasteiger partial charge is 0.240 e. The molecule has 2 aromatic rings. The van der Waals surface area contributed by atoms with Crippen LogP contribution in [0.25, 0.3) is 10.6 Å². The fourth-order valence-corrected chi connectivity index (χ4v) is 2.74. The standard InChI is InChI=1S/C11H6Cl2N2S/c1-6-10(5-14)16-11(15-6)8-3-2-7(12)4-9(8)13/h2-4H,1H3. The molecule has 1 heterocycles. The monoisotopic (exact) mass is 268 g/mol. The first kappa shape index (κ1) is 11.4. The molecule has 16 heavy (non-hydrogen) atoms.